The van der Waals surface area contributed by atoms with Crippen molar-refractivity contribution in [2.75, 3.05) is 25.5 Å². The fourth-order valence-corrected chi connectivity index (χ4v) is 2.74. The Kier molecular flexibility index (Phi) is 5.20. The summed E-state index contributed by atoms with van der Waals surface area (Å²) in [6, 6.07) is 3.74. The van der Waals surface area contributed by atoms with Crippen molar-refractivity contribution >= 4 is 23.3 Å². The molecule has 1 aliphatic heterocycles. The van der Waals surface area contributed by atoms with Crippen molar-refractivity contribution in [1.29, 1.82) is 0 Å². The molecule has 1 amide bonds. The number of amides is 1. The predicted octanol–water partition coefficient (Wildman–Crippen LogP) is 1.86. The molecule has 2 rings (SSSR count). The van der Waals surface area contributed by atoms with Gasteiger partial charge in [0.05, 0.1) is 10.7 Å². The Bertz CT molecular complexity index is 472. The summed E-state index contributed by atoms with van der Waals surface area (Å²) in [6.07, 6.45) is 2.51. The molecule has 6 heteroatoms. The first-order chi connectivity index (χ1) is 9.58. The van der Waals surface area contributed by atoms with Gasteiger partial charge in [-0.2, -0.15) is 0 Å². The summed E-state index contributed by atoms with van der Waals surface area (Å²) in [6.45, 7) is 2.66. The van der Waals surface area contributed by atoms with Gasteiger partial charge in [-0.3, -0.25) is 9.69 Å². The minimum Gasteiger partial charge on any atom is -0.373 e. The van der Waals surface area contributed by atoms with E-state index in [1.54, 1.807) is 0 Å². The van der Waals surface area contributed by atoms with E-state index >= 15 is 0 Å². The summed E-state index contributed by atoms with van der Waals surface area (Å²) in [5.41, 5.74) is 6.14. The third-order valence-electron chi connectivity index (χ3n) is 3.75. The molecule has 110 valence electrons. The molecule has 20 heavy (non-hydrogen) atoms. The van der Waals surface area contributed by atoms with Crippen LogP contribution in [-0.2, 0) is 11.3 Å². The summed E-state index contributed by atoms with van der Waals surface area (Å²) in [5.74, 6) is 1.05. The maximum atomic E-state index is 10.9. The fourth-order valence-electron chi connectivity index (χ4n) is 2.58. The first-order valence-corrected chi connectivity index (χ1v) is 7.30. The van der Waals surface area contributed by atoms with Crippen LogP contribution >= 0.6 is 11.6 Å². The van der Waals surface area contributed by atoms with Gasteiger partial charge in [-0.25, -0.2) is 4.98 Å². The van der Waals surface area contributed by atoms with E-state index in [2.05, 4.69) is 15.2 Å². The van der Waals surface area contributed by atoms with Crippen LogP contribution in [0.15, 0.2) is 12.1 Å². The molecule has 2 heterocycles. The van der Waals surface area contributed by atoms with Gasteiger partial charge in [-0.15, -0.1) is 0 Å². The summed E-state index contributed by atoms with van der Waals surface area (Å²) < 4.78 is 0. The van der Waals surface area contributed by atoms with Gasteiger partial charge in [0, 0.05) is 20.0 Å². The van der Waals surface area contributed by atoms with Crippen molar-refractivity contribution in [1.82, 2.24) is 9.88 Å². The number of rotatable bonds is 5. The smallest absolute Gasteiger partial charge is 0.217 e. The molecule has 1 aromatic rings. The Balaban J connectivity index is 1.90. The number of nitrogens with one attached hydrogen (secondary N) is 1. The Hall–Kier alpha value is -1.33. The lowest BCUT2D eigenvalue weighted by Crippen LogP contribution is -2.35. The molecule has 0 unspecified atom stereocenters. The molecule has 0 bridgehead atoms. The third kappa shape index (κ3) is 4.08. The lowest BCUT2D eigenvalue weighted by molar-refractivity contribution is -0.119. The third-order valence-corrected chi connectivity index (χ3v) is 4.09. The lowest BCUT2D eigenvalue weighted by atomic mass is 9.93. The zero-order chi connectivity index (χ0) is 14.5. The SMILES string of the molecule is CNc1ccc(Cl)c(CN2CCC(CC(N)=O)CC2)n1. The van der Waals surface area contributed by atoms with Crippen LogP contribution in [0.1, 0.15) is 25.0 Å². The molecular formula is C14H21ClN4O. The first-order valence-electron chi connectivity index (χ1n) is 6.92. The number of pyridine rings is 1. The van der Waals surface area contributed by atoms with Gasteiger partial charge < -0.3 is 11.1 Å². The van der Waals surface area contributed by atoms with Gasteiger partial charge in [0.25, 0.3) is 0 Å². The number of nitrogens with two attached hydrogens (primary N) is 1. The second kappa shape index (κ2) is 6.90. The number of anilines is 1. The molecule has 5 nitrogen and oxygen atoms in total. The monoisotopic (exact) mass is 296 g/mol. The molecule has 0 aromatic carbocycles. The highest BCUT2D eigenvalue weighted by Crippen LogP contribution is 2.23. The van der Waals surface area contributed by atoms with Crippen LogP contribution in [0.2, 0.25) is 5.02 Å². The molecule has 1 aromatic heterocycles. The molecule has 1 saturated heterocycles. The summed E-state index contributed by atoms with van der Waals surface area (Å²) in [4.78, 5) is 17.7. The zero-order valence-electron chi connectivity index (χ0n) is 11.7. The van der Waals surface area contributed by atoms with Crippen LogP contribution < -0.4 is 11.1 Å². The van der Waals surface area contributed by atoms with Crippen LogP contribution in [-0.4, -0.2) is 35.9 Å². The first kappa shape index (κ1) is 15.1. The van der Waals surface area contributed by atoms with Gasteiger partial charge in [0.15, 0.2) is 0 Å². The van der Waals surface area contributed by atoms with Crippen molar-refractivity contribution in [2.45, 2.75) is 25.8 Å². The van der Waals surface area contributed by atoms with Crippen molar-refractivity contribution in [3.8, 4) is 0 Å². The van der Waals surface area contributed by atoms with E-state index in [1.165, 1.54) is 0 Å². The molecule has 0 saturated carbocycles. The highest BCUT2D eigenvalue weighted by Gasteiger charge is 2.21. The van der Waals surface area contributed by atoms with Crippen molar-refractivity contribution in [3.05, 3.63) is 22.8 Å². The number of hydrogen-bond donors (Lipinski definition) is 2. The highest BCUT2D eigenvalue weighted by atomic mass is 35.5. The maximum Gasteiger partial charge on any atom is 0.217 e. The number of likely N-dealkylation sites (tertiary alicyclic amines) is 1. The van der Waals surface area contributed by atoms with Crippen LogP contribution in [0.4, 0.5) is 5.82 Å². The van der Waals surface area contributed by atoms with Crippen LogP contribution in [0, 0.1) is 5.92 Å². The second-order valence-electron chi connectivity index (χ2n) is 5.26. The topological polar surface area (TPSA) is 71.2 Å². The largest absolute Gasteiger partial charge is 0.373 e. The average Bonchev–Trinajstić information content (AvgIpc) is 2.43. The summed E-state index contributed by atoms with van der Waals surface area (Å²) in [5, 5.41) is 3.72. The molecule has 0 spiro atoms. The average molecular weight is 297 g/mol. The van der Waals surface area contributed by atoms with Crippen molar-refractivity contribution in [2.24, 2.45) is 11.7 Å². The number of primary amides is 1. The molecule has 3 N–H and O–H groups in total. The van der Waals surface area contributed by atoms with Gasteiger partial charge in [-0.05, 0) is 44.0 Å². The van der Waals surface area contributed by atoms with E-state index in [1.807, 2.05) is 19.2 Å². The molecule has 0 radical (unpaired) electrons. The van der Waals surface area contributed by atoms with Crippen LogP contribution in [0.3, 0.4) is 0 Å². The van der Waals surface area contributed by atoms with Crippen LogP contribution in [0.5, 0.6) is 0 Å². The highest BCUT2D eigenvalue weighted by molar-refractivity contribution is 6.31. The van der Waals surface area contributed by atoms with Gasteiger partial charge in [0.1, 0.15) is 5.82 Å². The van der Waals surface area contributed by atoms with E-state index < -0.39 is 0 Å². The predicted molar refractivity (Wildman–Crippen MR) is 80.6 cm³/mol. The quantitative estimate of drug-likeness (QED) is 0.870. The van der Waals surface area contributed by atoms with E-state index in [0.717, 1.165) is 44.0 Å². The van der Waals surface area contributed by atoms with E-state index in [0.29, 0.717) is 17.4 Å². The van der Waals surface area contributed by atoms with Gasteiger partial charge >= 0.3 is 0 Å². The van der Waals surface area contributed by atoms with E-state index in [-0.39, 0.29) is 5.91 Å². The standard InChI is InChI=1S/C14H21ClN4O/c1-17-14-3-2-11(15)12(18-14)9-19-6-4-10(5-7-19)8-13(16)20/h2-3,10H,4-9H2,1H3,(H2,16,20)(H,17,18). The molecular weight excluding hydrogens is 276 g/mol. The van der Waals surface area contributed by atoms with Gasteiger partial charge in [0.2, 0.25) is 5.91 Å². The molecule has 0 atom stereocenters. The molecule has 1 fully saturated rings. The number of aromatic nitrogens is 1. The Morgan fingerprint density at radius 3 is 2.80 bits per heavy atom. The van der Waals surface area contributed by atoms with Crippen molar-refractivity contribution < 1.29 is 4.79 Å². The number of nitrogens with zero attached hydrogens (tertiary/aromatic N) is 2. The van der Waals surface area contributed by atoms with E-state index in [9.17, 15) is 4.79 Å². The zero-order valence-corrected chi connectivity index (χ0v) is 12.5. The number of halogens is 1. The number of piperidine rings is 1. The number of carbonyl (C=O) groups excluding carboxylic acids is 1. The maximum absolute atomic E-state index is 10.9. The Morgan fingerprint density at radius 2 is 2.20 bits per heavy atom. The number of carbonyl (C=O) groups is 1. The number of hydrogen-bond acceptors (Lipinski definition) is 4. The minimum atomic E-state index is -0.199. The summed E-state index contributed by atoms with van der Waals surface area (Å²) >= 11 is 6.19. The second-order valence-corrected chi connectivity index (χ2v) is 5.67. The fraction of sp³-hybridized carbons (Fsp3) is 0.571. The Labute approximate surface area is 124 Å². The molecule has 0 aliphatic carbocycles. The molecule has 1 aliphatic rings. The Morgan fingerprint density at radius 1 is 1.50 bits per heavy atom. The normalized spacial score (nSPS) is 17.1. The van der Waals surface area contributed by atoms with Crippen molar-refractivity contribution in [3.63, 3.8) is 0 Å². The lowest BCUT2D eigenvalue weighted by Gasteiger charge is -2.31. The van der Waals surface area contributed by atoms with Crippen LogP contribution in [0.25, 0.3) is 0 Å². The summed E-state index contributed by atoms with van der Waals surface area (Å²) in [7, 11) is 1.84. The van der Waals surface area contributed by atoms with Gasteiger partial charge in [-0.1, -0.05) is 11.6 Å². The minimum absolute atomic E-state index is 0.199. The van der Waals surface area contributed by atoms with E-state index in [4.69, 9.17) is 17.3 Å².